The number of carbonyl (C=O) groups excluding carboxylic acids is 1. The van der Waals surface area contributed by atoms with E-state index in [4.69, 9.17) is 5.73 Å². The molecule has 5 nitrogen and oxygen atoms in total. The van der Waals surface area contributed by atoms with Crippen LogP contribution in [0.2, 0.25) is 0 Å². The van der Waals surface area contributed by atoms with Crippen molar-refractivity contribution in [2.24, 2.45) is 0 Å². The molecule has 0 aliphatic carbocycles. The average Bonchev–Trinajstić information content (AvgIpc) is 2.38. The van der Waals surface area contributed by atoms with Crippen LogP contribution in [0.5, 0.6) is 0 Å². The number of aromatic nitrogens is 1. The molecule has 3 N–H and O–H groups in total. The largest absolute Gasteiger partial charge is 0.398 e. The van der Waals surface area contributed by atoms with Gasteiger partial charge in [-0.15, -0.1) is 0 Å². The molecular formula is C14H18N4O. The van der Waals surface area contributed by atoms with Gasteiger partial charge in [0.05, 0.1) is 5.52 Å². The Labute approximate surface area is 112 Å². The summed E-state index contributed by atoms with van der Waals surface area (Å²) in [7, 11) is 3.91. The number of pyridine rings is 1. The number of para-hydroxylation sites is 1. The SMILES string of the molecule is CN(C)CCNC(=O)c1cc(N)c2ccccc2n1. The highest BCUT2D eigenvalue weighted by atomic mass is 16.1. The topological polar surface area (TPSA) is 71.2 Å². The number of nitrogens with one attached hydrogen (secondary N) is 1. The molecule has 0 saturated carbocycles. The molecule has 0 bridgehead atoms. The summed E-state index contributed by atoms with van der Waals surface area (Å²) in [6.07, 6.45) is 0. The second-order valence-corrected chi connectivity index (χ2v) is 4.67. The monoisotopic (exact) mass is 258 g/mol. The van der Waals surface area contributed by atoms with Gasteiger partial charge < -0.3 is 16.0 Å². The number of hydrogen-bond donors (Lipinski definition) is 2. The smallest absolute Gasteiger partial charge is 0.270 e. The highest BCUT2D eigenvalue weighted by Gasteiger charge is 2.10. The summed E-state index contributed by atoms with van der Waals surface area (Å²) in [6.45, 7) is 1.37. The molecule has 2 aromatic rings. The van der Waals surface area contributed by atoms with Crippen molar-refractivity contribution in [1.82, 2.24) is 15.2 Å². The van der Waals surface area contributed by atoms with Crippen LogP contribution < -0.4 is 11.1 Å². The zero-order valence-electron chi connectivity index (χ0n) is 11.2. The molecule has 1 heterocycles. The summed E-state index contributed by atoms with van der Waals surface area (Å²) in [6, 6.07) is 9.14. The van der Waals surface area contributed by atoms with Crippen LogP contribution in [0.3, 0.4) is 0 Å². The van der Waals surface area contributed by atoms with E-state index in [1.54, 1.807) is 6.07 Å². The van der Waals surface area contributed by atoms with Crippen molar-refractivity contribution in [3.8, 4) is 0 Å². The van der Waals surface area contributed by atoms with Crippen LogP contribution in [-0.2, 0) is 0 Å². The fourth-order valence-electron chi connectivity index (χ4n) is 1.80. The number of nitrogens with zero attached hydrogens (tertiary/aromatic N) is 2. The van der Waals surface area contributed by atoms with E-state index in [-0.39, 0.29) is 5.91 Å². The summed E-state index contributed by atoms with van der Waals surface area (Å²) >= 11 is 0. The molecule has 1 amide bonds. The fraction of sp³-hybridized carbons (Fsp3) is 0.286. The van der Waals surface area contributed by atoms with Crippen molar-refractivity contribution in [2.75, 3.05) is 32.9 Å². The van der Waals surface area contributed by atoms with E-state index in [2.05, 4.69) is 10.3 Å². The minimum absolute atomic E-state index is 0.195. The number of nitrogens with two attached hydrogens (primary N) is 1. The van der Waals surface area contributed by atoms with Gasteiger partial charge in [0.2, 0.25) is 0 Å². The fourth-order valence-corrected chi connectivity index (χ4v) is 1.80. The number of amides is 1. The zero-order chi connectivity index (χ0) is 13.8. The molecule has 1 aromatic heterocycles. The maximum atomic E-state index is 12.0. The first kappa shape index (κ1) is 13.3. The van der Waals surface area contributed by atoms with Crippen molar-refractivity contribution >= 4 is 22.5 Å². The van der Waals surface area contributed by atoms with E-state index < -0.39 is 0 Å². The van der Waals surface area contributed by atoms with Crippen LogP contribution in [-0.4, -0.2) is 43.0 Å². The minimum Gasteiger partial charge on any atom is -0.398 e. The van der Waals surface area contributed by atoms with Gasteiger partial charge in [-0.25, -0.2) is 4.98 Å². The highest BCUT2D eigenvalue weighted by molar-refractivity contribution is 5.99. The van der Waals surface area contributed by atoms with Crippen molar-refractivity contribution in [1.29, 1.82) is 0 Å². The third-order valence-electron chi connectivity index (χ3n) is 2.83. The number of likely N-dealkylation sites (N-methyl/N-ethyl adjacent to an activating group) is 1. The van der Waals surface area contributed by atoms with Crippen molar-refractivity contribution < 1.29 is 4.79 Å². The second-order valence-electron chi connectivity index (χ2n) is 4.67. The van der Waals surface area contributed by atoms with E-state index >= 15 is 0 Å². The summed E-state index contributed by atoms with van der Waals surface area (Å²) < 4.78 is 0. The Morgan fingerprint density at radius 3 is 2.84 bits per heavy atom. The molecule has 5 heteroatoms. The van der Waals surface area contributed by atoms with Gasteiger partial charge >= 0.3 is 0 Å². The molecule has 0 spiro atoms. The predicted octanol–water partition coefficient (Wildman–Crippen LogP) is 1.11. The first-order valence-electron chi connectivity index (χ1n) is 6.16. The zero-order valence-corrected chi connectivity index (χ0v) is 11.2. The first-order valence-corrected chi connectivity index (χ1v) is 6.16. The molecule has 19 heavy (non-hydrogen) atoms. The van der Waals surface area contributed by atoms with Gasteiger partial charge in [-0.05, 0) is 26.2 Å². The molecule has 2 rings (SSSR count). The van der Waals surface area contributed by atoms with Crippen LogP contribution in [0.15, 0.2) is 30.3 Å². The van der Waals surface area contributed by atoms with Gasteiger partial charge in [0, 0.05) is 24.2 Å². The number of benzene rings is 1. The summed E-state index contributed by atoms with van der Waals surface area (Å²) in [5.74, 6) is -0.195. The number of carbonyl (C=O) groups is 1. The normalized spacial score (nSPS) is 10.9. The predicted molar refractivity (Wildman–Crippen MR) is 77.0 cm³/mol. The van der Waals surface area contributed by atoms with Crippen molar-refractivity contribution in [2.45, 2.75) is 0 Å². The molecule has 0 saturated heterocycles. The number of rotatable bonds is 4. The Hall–Kier alpha value is -2.14. The van der Waals surface area contributed by atoms with Gasteiger partial charge in [0.25, 0.3) is 5.91 Å². The maximum absolute atomic E-state index is 12.0. The van der Waals surface area contributed by atoms with Crippen LogP contribution in [0.1, 0.15) is 10.5 Å². The van der Waals surface area contributed by atoms with Crippen LogP contribution in [0.4, 0.5) is 5.69 Å². The molecule has 0 atom stereocenters. The number of fused-ring (bicyclic) bond motifs is 1. The van der Waals surface area contributed by atoms with Gasteiger partial charge in [-0.2, -0.15) is 0 Å². The van der Waals surface area contributed by atoms with Gasteiger partial charge in [-0.1, -0.05) is 18.2 Å². The van der Waals surface area contributed by atoms with Gasteiger partial charge in [0.15, 0.2) is 0 Å². The Balaban J connectivity index is 2.18. The lowest BCUT2D eigenvalue weighted by molar-refractivity contribution is 0.0946. The quantitative estimate of drug-likeness (QED) is 0.861. The number of anilines is 1. The molecule has 0 fully saturated rings. The molecule has 0 radical (unpaired) electrons. The third kappa shape index (κ3) is 3.20. The summed E-state index contributed by atoms with van der Waals surface area (Å²) in [5, 5.41) is 3.69. The van der Waals surface area contributed by atoms with E-state index in [0.29, 0.717) is 17.9 Å². The Kier molecular flexibility index (Phi) is 3.97. The molecule has 0 aliphatic heterocycles. The van der Waals surface area contributed by atoms with E-state index in [0.717, 1.165) is 17.4 Å². The Morgan fingerprint density at radius 2 is 2.11 bits per heavy atom. The Morgan fingerprint density at radius 1 is 1.37 bits per heavy atom. The standard InChI is InChI=1S/C14H18N4O/c1-18(2)8-7-16-14(19)13-9-11(15)10-5-3-4-6-12(10)17-13/h3-6,9H,7-8H2,1-2H3,(H2,15,17)(H,16,19). The molecular weight excluding hydrogens is 240 g/mol. The maximum Gasteiger partial charge on any atom is 0.270 e. The van der Waals surface area contributed by atoms with E-state index in [1.165, 1.54) is 0 Å². The molecule has 1 aromatic carbocycles. The van der Waals surface area contributed by atoms with E-state index in [9.17, 15) is 4.79 Å². The van der Waals surface area contributed by atoms with Crippen LogP contribution in [0, 0.1) is 0 Å². The third-order valence-corrected chi connectivity index (χ3v) is 2.83. The van der Waals surface area contributed by atoms with Gasteiger partial charge in [0.1, 0.15) is 5.69 Å². The minimum atomic E-state index is -0.195. The summed E-state index contributed by atoms with van der Waals surface area (Å²) in [4.78, 5) is 18.3. The lowest BCUT2D eigenvalue weighted by Gasteiger charge is -2.11. The highest BCUT2D eigenvalue weighted by Crippen LogP contribution is 2.19. The molecule has 0 unspecified atom stereocenters. The number of nitrogen functional groups attached to an aromatic ring is 1. The average molecular weight is 258 g/mol. The van der Waals surface area contributed by atoms with Crippen molar-refractivity contribution in [3.05, 3.63) is 36.0 Å². The lowest BCUT2D eigenvalue weighted by Crippen LogP contribution is -2.31. The van der Waals surface area contributed by atoms with Crippen LogP contribution >= 0.6 is 0 Å². The van der Waals surface area contributed by atoms with Crippen molar-refractivity contribution in [3.63, 3.8) is 0 Å². The molecule has 100 valence electrons. The second kappa shape index (κ2) is 5.67. The number of hydrogen-bond acceptors (Lipinski definition) is 4. The lowest BCUT2D eigenvalue weighted by atomic mass is 10.1. The summed E-state index contributed by atoms with van der Waals surface area (Å²) in [5.41, 5.74) is 7.61. The van der Waals surface area contributed by atoms with Crippen LogP contribution in [0.25, 0.3) is 10.9 Å². The first-order chi connectivity index (χ1) is 9.08. The Bertz CT molecular complexity index is 595. The van der Waals surface area contributed by atoms with E-state index in [1.807, 2.05) is 43.3 Å². The van der Waals surface area contributed by atoms with Gasteiger partial charge in [-0.3, -0.25) is 4.79 Å². The molecule has 0 aliphatic rings.